The molecule has 0 aromatic heterocycles. The first kappa shape index (κ1) is 16.5. The van der Waals surface area contributed by atoms with Crippen LogP contribution in [0.5, 0.6) is 0 Å². The molecule has 4 heteroatoms. The van der Waals surface area contributed by atoms with Gasteiger partial charge in [-0.25, -0.2) is 4.79 Å². The van der Waals surface area contributed by atoms with E-state index >= 15 is 0 Å². The van der Waals surface area contributed by atoms with E-state index in [0.29, 0.717) is 0 Å². The van der Waals surface area contributed by atoms with E-state index in [0.717, 1.165) is 7.11 Å². The van der Waals surface area contributed by atoms with Crippen molar-refractivity contribution in [1.82, 2.24) is 0 Å². The van der Waals surface area contributed by atoms with Crippen LogP contribution in [0.2, 0.25) is 0 Å². The molecule has 0 aliphatic heterocycles. The van der Waals surface area contributed by atoms with Crippen LogP contribution in [0.3, 0.4) is 0 Å². The predicted molar refractivity (Wildman–Crippen MR) is 43.4 cm³/mol. The highest BCUT2D eigenvalue weighted by Gasteiger charge is 1.88. The van der Waals surface area contributed by atoms with E-state index in [1.165, 1.54) is 14.2 Å². The standard InChI is InChI=1S/C3H6O3.C3H6.CH4O/c1-5-3(4)6-2;1-3-2;1-2/h1-2H3;3H,1H2,2H3;2H,1H3. The van der Waals surface area contributed by atoms with Gasteiger partial charge in [-0.3, -0.25) is 0 Å². The van der Waals surface area contributed by atoms with Crippen LogP contribution in [0.1, 0.15) is 6.92 Å². The molecule has 1 N–H and O–H groups in total. The van der Waals surface area contributed by atoms with Gasteiger partial charge in [0.25, 0.3) is 0 Å². The summed E-state index contributed by atoms with van der Waals surface area (Å²) >= 11 is 0. The van der Waals surface area contributed by atoms with E-state index in [2.05, 4.69) is 16.1 Å². The third kappa shape index (κ3) is 49.4. The first-order chi connectivity index (χ1) is 5.22. The Hall–Kier alpha value is -1.03. The van der Waals surface area contributed by atoms with E-state index in [4.69, 9.17) is 5.11 Å². The van der Waals surface area contributed by atoms with Crippen LogP contribution in [0.4, 0.5) is 4.79 Å². The Labute approximate surface area is 67.4 Å². The Kier molecular flexibility index (Phi) is 34.6. The molecule has 11 heavy (non-hydrogen) atoms. The van der Waals surface area contributed by atoms with Gasteiger partial charge >= 0.3 is 6.16 Å². The van der Waals surface area contributed by atoms with Gasteiger partial charge in [-0.15, -0.1) is 6.58 Å². The fourth-order valence-corrected chi connectivity index (χ4v) is 0.0833. The molecule has 0 saturated heterocycles. The van der Waals surface area contributed by atoms with E-state index in [1.54, 1.807) is 6.08 Å². The summed E-state index contributed by atoms with van der Waals surface area (Å²) in [6, 6.07) is 0. The summed E-state index contributed by atoms with van der Waals surface area (Å²) in [5, 5.41) is 7.00. The van der Waals surface area contributed by atoms with Gasteiger partial charge in [0.05, 0.1) is 14.2 Å². The highest BCUT2D eigenvalue weighted by atomic mass is 16.7. The Morgan fingerprint density at radius 3 is 1.55 bits per heavy atom. The minimum Gasteiger partial charge on any atom is -0.438 e. The van der Waals surface area contributed by atoms with Gasteiger partial charge in [-0.05, 0) is 6.92 Å². The van der Waals surface area contributed by atoms with E-state index in [9.17, 15) is 4.79 Å². The molecule has 0 aromatic carbocycles. The quantitative estimate of drug-likeness (QED) is 0.431. The van der Waals surface area contributed by atoms with Crippen molar-refractivity contribution in [2.75, 3.05) is 21.3 Å². The van der Waals surface area contributed by atoms with Crippen LogP contribution in [-0.4, -0.2) is 32.6 Å². The maximum Gasteiger partial charge on any atom is 0.507 e. The number of carbonyl (C=O) groups excluding carboxylic acids is 1. The molecular formula is C7H16O4. The molecule has 0 bridgehead atoms. The van der Waals surface area contributed by atoms with Crippen molar-refractivity contribution in [1.29, 1.82) is 0 Å². The predicted octanol–water partition coefficient (Wildman–Crippen LogP) is 1.20. The Morgan fingerprint density at radius 2 is 1.55 bits per heavy atom. The molecule has 0 amide bonds. The maximum atomic E-state index is 9.74. The minimum absolute atomic E-state index is 0.657. The van der Waals surface area contributed by atoms with Crippen LogP contribution in [0.15, 0.2) is 12.7 Å². The third-order valence-corrected chi connectivity index (χ3v) is 0.333. The van der Waals surface area contributed by atoms with Crippen molar-refractivity contribution in [3.8, 4) is 0 Å². The number of aliphatic hydroxyl groups excluding tert-OH is 1. The molecule has 0 aliphatic rings. The van der Waals surface area contributed by atoms with E-state index in [1.807, 2.05) is 6.92 Å². The van der Waals surface area contributed by atoms with Crippen molar-refractivity contribution >= 4 is 6.16 Å². The summed E-state index contributed by atoms with van der Waals surface area (Å²) in [6.45, 7) is 5.25. The average molecular weight is 164 g/mol. The number of allylic oxidation sites excluding steroid dienone is 1. The molecule has 0 aromatic rings. The lowest BCUT2D eigenvalue weighted by Crippen LogP contribution is -1.97. The summed E-state index contributed by atoms with van der Waals surface area (Å²) in [5.41, 5.74) is 0. The zero-order valence-electron chi connectivity index (χ0n) is 7.46. The van der Waals surface area contributed by atoms with Gasteiger partial charge in [-0.1, -0.05) is 6.08 Å². The van der Waals surface area contributed by atoms with Crippen LogP contribution >= 0.6 is 0 Å². The number of aliphatic hydroxyl groups is 1. The molecule has 0 atom stereocenters. The normalized spacial score (nSPS) is 5.55. The summed E-state index contributed by atoms with van der Waals surface area (Å²) in [4.78, 5) is 9.74. The third-order valence-electron chi connectivity index (χ3n) is 0.333. The van der Waals surface area contributed by atoms with Crippen molar-refractivity contribution in [2.45, 2.75) is 6.92 Å². The Morgan fingerprint density at radius 1 is 1.36 bits per heavy atom. The number of rotatable bonds is 0. The fraction of sp³-hybridized carbons (Fsp3) is 0.571. The number of carbonyl (C=O) groups is 1. The smallest absolute Gasteiger partial charge is 0.438 e. The van der Waals surface area contributed by atoms with Gasteiger partial charge in [0.15, 0.2) is 0 Å². The van der Waals surface area contributed by atoms with Gasteiger partial charge in [0.1, 0.15) is 0 Å². The van der Waals surface area contributed by atoms with E-state index in [-0.39, 0.29) is 0 Å². The number of hydrogen-bond donors (Lipinski definition) is 1. The minimum atomic E-state index is -0.657. The van der Waals surface area contributed by atoms with Crippen LogP contribution in [-0.2, 0) is 9.47 Å². The van der Waals surface area contributed by atoms with Crippen molar-refractivity contribution in [3.05, 3.63) is 12.7 Å². The number of ether oxygens (including phenoxy) is 2. The van der Waals surface area contributed by atoms with Crippen molar-refractivity contribution in [3.63, 3.8) is 0 Å². The highest BCUT2D eigenvalue weighted by molar-refractivity contribution is 5.59. The molecule has 4 nitrogen and oxygen atoms in total. The van der Waals surface area contributed by atoms with Gasteiger partial charge < -0.3 is 14.6 Å². The molecule has 0 spiro atoms. The highest BCUT2D eigenvalue weighted by Crippen LogP contribution is 1.72. The lowest BCUT2D eigenvalue weighted by Gasteiger charge is -1.89. The molecule has 68 valence electrons. The number of methoxy groups -OCH3 is 2. The monoisotopic (exact) mass is 164 g/mol. The second-order valence-electron chi connectivity index (χ2n) is 1.07. The zero-order chi connectivity index (χ0) is 9.70. The lowest BCUT2D eigenvalue weighted by molar-refractivity contribution is 0.0924. The van der Waals surface area contributed by atoms with Crippen molar-refractivity contribution in [2.24, 2.45) is 0 Å². The molecule has 0 radical (unpaired) electrons. The van der Waals surface area contributed by atoms with Gasteiger partial charge in [0, 0.05) is 7.11 Å². The first-order valence-electron chi connectivity index (χ1n) is 2.86. The molecule has 0 heterocycles. The molecule has 0 unspecified atom stereocenters. The zero-order valence-corrected chi connectivity index (χ0v) is 7.46. The molecule has 0 rings (SSSR count). The van der Waals surface area contributed by atoms with Crippen LogP contribution < -0.4 is 0 Å². The Balaban J connectivity index is -0.000000109. The lowest BCUT2D eigenvalue weighted by atomic mass is 10.8. The van der Waals surface area contributed by atoms with Crippen LogP contribution in [0, 0.1) is 0 Å². The van der Waals surface area contributed by atoms with Gasteiger partial charge in [-0.2, -0.15) is 0 Å². The van der Waals surface area contributed by atoms with Crippen LogP contribution in [0.25, 0.3) is 0 Å². The summed E-state index contributed by atoms with van der Waals surface area (Å²) in [7, 11) is 3.51. The first-order valence-corrected chi connectivity index (χ1v) is 2.86. The summed E-state index contributed by atoms with van der Waals surface area (Å²) in [5.74, 6) is 0. The largest absolute Gasteiger partial charge is 0.507 e. The van der Waals surface area contributed by atoms with E-state index < -0.39 is 6.16 Å². The summed E-state index contributed by atoms with van der Waals surface area (Å²) < 4.78 is 8.08. The van der Waals surface area contributed by atoms with Gasteiger partial charge in [0.2, 0.25) is 0 Å². The van der Waals surface area contributed by atoms with Crippen molar-refractivity contribution < 1.29 is 19.4 Å². The molecule has 0 fully saturated rings. The fourth-order valence-electron chi connectivity index (χ4n) is 0.0833. The molecular weight excluding hydrogens is 148 g/mol. The average Bonchev–Trinajstić information content (AvgIpc) is 2.08. The maximum absolute atomic E-state index is 9.74. The second-order valence-corrected chi connectivity index (χ2v) is 1.07. The number of hydrogen-bond acceptors (Lipinski definition) is 4. The summed E-state index contributed by atoms with van der Waals surface area (Å²) in [6.07, 6.45) is 1.09. The molecule has 0 saturated carbocycles. The SMILES string of the molecule is C=CC.CO.COC(=O)OC. The topological polar surface area (TPSA) is 55.8 Å². The molecule has 0 aliphatic carbocycles. The second kappa shape index (κ2) is 23.1. The Bertz CT molecular complexity index is 74.5.